The molecule has 1 amide bonds. The van der Waals surface area contributed by atoms with E-state index in [9.17, 15) is 9.18 Å². The molecule has 1 aliphatic heterocycles. The monoisotopic (exact) mass is 408 g/mol. The number of halogens is 3. The van der Waals surface area contributed by atoms with E-state index in [0.29, 0.717) is 24.9 Å². The molecule has 5 nitrogen and oxygen atoms in total. The van der Waals surface area contributed by atoms with Crippen molar-refractivity contribution in [1.82, 2.24) is 20.2 Å². The Balaban J connectivity index is 0.00000156. The van der Waals surface area contributed by atoms with E-state index >= 15 is 0 Å². The van der Waals surface area contributed by atoms with Gasteiger partial charge in [0.05, 0.1) is 5.52 Å². The first kappa shape index (κ1) is 22.0. The highest BCUT2D eigenvalue weighted by Crippen LogP contribution is 2.18. The molecular weight excluding hydrogens is 386 g/mol. The number of para-hydroxylation sites is 1. The van der Waals surface area contributed by atoms with Gasteiger partial charge in [0.2, 0.25) is 5.91 Å². The predicted molar refractivity (Wildman–Crippen MR) is 106 cm³/mol. The number of carbonyl (C=O) groups is 1. The van der Waals surface area contributed by atoms with Gasteiger partial charge in [0.25, 0.3) is 0 Å². The third kappa shape index (κ3) is 5.48. The molecule has 0 aliphatic carbocycles. The van der Waals surface area contributed by atoms with Gasteiger partial charge in [0.1, 0.15) is 11.3 Å². The second-order valence-electron chi connectivity index (χ2n) is 5.72. The Kier molecular flexibility index (Phi) is 8.99. The lowest BCUT2D eigenvalue weighted by Crippen LogP contribution is -2.41. The van der Waals surface area contributed by atoms with Crippen LogP contribution in [-0.2, 0) is 18.3 Å². The SMILES string of the molecule is Cl.Cl.Cn1c(CCNC(=O)CC2CSCCN2)nc2c(F)cccc21. The number of carbonyl (C=O) groups excluding carboxylic acids is 1. The zero-order valence-electron chi connectivity index (χ0n) is 14.0. The molecule has 1 fully saturated rings. The summed E-state index contributed by atoms with van der Waals surface area (Å²) in [7, 11) is 1.87. The molecule has 1 unspecified atom stereocenters. The number of aromatic nitrogens is 2. The van der Waals surface area contributed by atoms with Crippen LogP contribution in [0.3, 0.4) is 0 Å². The first-order chi connectivity index (χ1) is 11.1. The van der Waals surface area contributed by atoms with Crippen LogP contribution in [0.1, 0.15) is 12.2 Å². The van der Waals surface area contributed by atoms with Crippen LogP contribution >= 0.6 is 36.6 Å². The fourth-order valence-corrected chi connectivity index (χ4v) is 3.76. The molecule has 2 heterocycles. The molecule has 2 aromatic rings. The molecule has 2 N–H and O–H groups in total. The maximum Gasteiger partial charge on any atom is 0.221 e. The van der Waals surface area contributed by atoms with Crippen LogP contribution in [0.4, 0.5) is 4.39 Å². The molecule has 0 spiro atoms. The normalized spacial score (nSPS) is 16.8. The fraction of sp³-hybridized carbons (Fsp3) is 0.500. The number of aryl methyl sites for hydroxylation is 1. The van der Waals surface area contributed by atoms with Gasteiger partial charge in [-0.05, 0) is 12.1 Å². The van der Waals surface area contributed by atoms with Gasteiger partial charge in [-0.1, -0.05) is 6.07 Å². The molecule has 1 aromatic carbocycles. The standard InChI is InChI=1S/C16H21FN4OS.2ClH/c1-21-13-4-2-3-12(17)16(13)20-14(21)5-6-19-15(22)9-11-10-23-8-7-18-11;;/h2-4,11,18H,5-10H2,1H3,(H,19,22);2*1H. The topological polar surface area (TPSA) is 59.0 Å². The zero-order chi connectivity index (χ0) is 16.2. The van der Waals surface area contributed by atoms with Crippen molar-refractivity contribution in [3.8, 4) is 0 Å². The lowest BCUT2D eigenvalue weighted by molar-refractivity contribution is -0.121. The van der Waals surface area contributed by atoms with Gasteiger partial charge >= 0.3 is 0 Å². The van der Waals surface area contributed by atoms with Crippen LogP contribution in [-0.4, -0.2) is 46.1 Å². The average Bonchev–Trinajstić information content (AvgIpc) is 2.87. The summed E-state index contributed by atoms with van der Waals surface area (Å²) in [6.07, 6.45) is 1.09. The van der Waals surface area contributed by atoms with E-state index in [4.69, 9.17) is 0 Å². The van der Waals surface area contributed by atoms with Crippen molar-refractivity contribution in [2.24, 2.45) is 7.05 Å². The Hall–Kier alpha value is -1.02. The number of rotatable bonds is 5. The van der Waals surface area contributed by atoms with Crippen LogP contribution in [0, 0.1) is 5.82 Å². The molecule has 0 saturated carbocycles. The van der Waals surface area contributed by atoms with Crippen LogP contribution < -0.4 is 10.6 Å². The first-order valence-electron chi connectivity index (χ1n) is 7.83. The van der Waals surface area contributed by atoms with E-state index in [1.807, 2.05) is 29.4 Å². The van der Waals surface area contributed by atoms with Crippen molar-refractivity contribution >= 4 is 53.5 Å². The van der Waals surface area contributed by atoms with Crippen molar-refractivity contribution in [3.63, 3.8) is 0 Å². The summed E-state index contributed by atoms with van der Waals surface area (Å²) in [5.41, 5.74) is 1.16. The van der Waals surface area contributed by atoms with Crippen molar-refractivity contribution in [2.45, 2.75) is 18.9 Å². The van der Waals surface area contributed by atoms with E-state index < -0.39 is 0 Å². The number of amides is 1. The number of thioether (sulfide) groups is 1. The first-order valence-corrected chi connectivity index (χ1v) is 8.98. The summed E-state index contributed by atoms with van der Waals surface area (Å²) in [4.78, 5) is 16.3. The molecule has 1 saturated heterocycles. The van der Waals surface area contributed by atoms with Crippen molar-refractivity contribution in [2.75, 3.05) is 24.6 Å². The molecule has 1 aliphatic rings. The van der Waals surface area contributed by atoms with Crippen LogP contribution in [0.15, 0.2) is 18.2 Å². The highest BCUT2D eigenvalue weighted by molar-refractivity contribution is 7.99. The van der Waals surface area contributed by atoms with Crippen molar-refractivity contribution < 1.29 is 9.18 Å². The number of nitrogens with one attached hydrogen (secondary N) is 2. The third-order valence-electron chi connectivity index (χ3n) is 4.06. The number of benzene rings is 1. The third-order valence-corrected chi connectivity index (χ3v) is 5.19. The summed E-state index contributed by atoms with van der Waals surface area (Å²) in [6.45, 7) is 1.48. The highest BCUT2D eigenvalue weighted by atomic mass is 35.5. The highest BCUT2D eigenvalue weighted by Gasteiger charge is 2.16. The van der Waals surface area contributed by atoms with Crippen LogP contribution in [0.5, 0.6) is 0 Å². The molecule has 0 bridgehead atoms. The minimum atomic E-state index is -0.311. The fourth-order valence-electron chi connectivity index (χ4n) is 2.81. The van der Waals surface area contributed by atoms with Gasteiger partial charge in [-0.2, -0.15) is 11.8 Å². The summed E-state index contributed by atoms with van der Waals surface area (Å²) >= 11 is 1.88. The van der Waals surface area contributed by atoms with E-state index in [1.165, 1.54) is 6.07 Å². The van der Waals surface area contributed by atoms with E-state index in [0.717, 1.165) is 29.4 Å². The Morgan fingerprint density at radius 3 is 2.96 bits per heavy atom. The Morgan fingerprint density at radius 2 is 2.28 bits per heavy atom. The van der Waals surface area contributed by atoms with Crippen LogP contribution in [0.25, 0.3) is 11.0 Å². The van der Waals surface area contributed by atoms with Gasteiger partial charge in [-0.3, -0.25) is 4.79 Å². The molecule has 9 heteroatoms. The number of fused-ring (bicyclic) bond motifs is 1. The summed E-state index contributed by atoms with van der Waals surface area (Å²) in [5.74, 6) is 2.61. The smallest absolute Gasteiger partial charge is 0.221 e. The lowest BCUT2D eigenvalue weighted by atomic mass is 10.2. The minimum absolute atomic E-state index is 0. The maximum absolute atomic E-state index is 13.7. The molecule has 1 aromatic heterocycles. The van der Waals surface area contributed by atoms with Gasteiger partial charge in [-0.25, -0.2) is 9.37 Å². The van der Waals surface area contributed by atoms with E-state index in [2.05, 4.69) is 15.6 Å². The van der Waals surface area contributed by atoms with Gasteiger partial charge < -0.3 is 15.2 Å². The number of hydrogen-bond acceptors (Lipinski definition) is 4. The Labute approximate surface area is 163 Å². The van der Waals surface area contributed by atoms with Crippen LogP contribution in [0.2, 0.25) is 0 Å². The quantitative estimate of drug-likeness (QED) is 0.796. The molecule has 140 valence electrons. The molecule has 0 radical (unpaired) electrons. The van der Waals surface area contributed by atoms with Crippen molar-refractivity contribution in [3.05, 3.63) is 29.8 Å². The minimum Gasteiger partial charge on any atom is -0.356 e. The molecule has 3 rings (SSSR count). The maximum atomic E-state index is 13.7. The van der Waals surface area contributed by atoms with E-state index in [1.54, 1.807) is 6.07 Å². The summed E-state index contributed by atoms with van der Waals surface area (Å²) < 4.78 is 15.6. The van der Waals surface area contributed by atoms with E-state index in [-0.39, 0.29) is 42.6 Å². The lowest BCUT2D eigenvalue weighted by Gasteiger charge is -2.22. The molecule has 1 atom stereocenters. The summed E-state index contributed by atoms with van der Waals surface area (Å²) in [6, 6.07) is 5.20. The second-order valence-corrected chi connectivity index (χ2v) is 6.87. The second kappa shape index (κ2) is 10.2. The predicted octanol–water partition coefficient (Wildman–Crippen LogP) is 2.31. The summed E-state index contributed by atoms with van der Waals surface area (Å²) in [5, 5.41) is 6.28. The van der Waals surface area contributed by atoms with Gasteiger partial charge in [0.15, 0.2) is 5.82 Å². The van der Waals surface area contributed by atoms with Crippen molar-refractivity contribution in [1.29, 1.82) is 0 Å². The largest absolute Gasteiger partial charge is 0.356 e. The van der Waals surface area contributed by atoms with Gasteiger partial charge in [0, 0.05) is 50.5 Å². The number of nitrogens with zero attached hydrogens (tertiary/aromatic N) is 2. The molecular formula is C16H23Cl2FN4OS. The molecule has 25 heavy (non-hydrogen) atoms. The number of imidazole rings is 1. The Bertz CT molecular complexity index is 707. The van der Waals surface area contributed by atoms with Gasteiger partial charge in [-0.15, -0.1) is 24.8 Å². The Morgan fingerprint density at radius 1 is 1.48 bits per heavy atom. The number of hydrogen-bond donors (Lipinski definition) is 2. The average molecular weight is 409 g/mol. The zero-order valence-corrected chi connectivity index (χ0v) is 16.4.